The quantitative estimate of drug-likeness (QED) is 0.373. The molecule has 1 N–H and O–H groups in total. The zero-order valence-electron chi connectivity index (χ0n) is 24.3. The fraction of sp³-hybridized carbons (Fsp3) is 0.576. The third kappa shape index (κ3) is 6.19. The highest BCUT2D eigenvalue weighted by Gasteiger charge is 2.40. The number of rotatable bonds is 1. The van der Waals surface area contributed by atoms with Crippen molar-refractivity contribution in [1.29, 1.82) is 0 Å². The van der Waals surface area contributed by atoms with Crippen molar-refractivity contribution >= 4 is 29.5 Å². The standard InChI is InChI=1S/C33H43F2N5S/c1-24-29(32(2)11-15-41-16-12-32)18-28-30-36-20-25-9-8-10-27(17-25)33(34,35)19-26-21-39(22-26)13-6-4-3-5-7-14-40(24)31(28)38-23-37-30/h8-10,17-18,23,26H,1,3-7,11-16,19-22H2,2H3,(H,36,37,38). The molecule has 5 nitrogen and oxygen atoms in total. The SMILES string of the molecule is C=C1C(C2(C)CCSCC2)=Cc2c3ncnc2N1CCCCCCCN1CC(C1)CC(F)(F)c1cccc(c1)CN3. The van der Waals surface area contributed by atoms with Crippen LogP contribution in [0.25, 0.3) is 6.08 Å². The Bertz CT molecular complexity index is 1280. The van der Waals surface area contributed by atoms with Gasteiger partial charge in [0.15, 0.2) is 0 Å². The van der Waals surface area contributed by atoms with Crippen LogP contribution in [0.2, 0.25) is 0 Å². The summed E-state index contributed by atoms with van der Waals surface area (Å²) in [6.45, 7) is 10.9. The minimum atomic E-state index is -2.83. The Morgan fingerprint density at radius 1 is 1.02 bits per heavy atom. The van der Waals surface area contributed by atoms with Crippen LogP contribution in [0.5, 0.6) is 0 Å². The highest BCUT2D eigenvalue weighted by molar-refractivity contribution is 7.99. The van der Waals surface area contributed by atoms with E-state index in [2.05, 4.69) is 39.7 Å². The molecule has 2 aromatic rings. The zero-order chi connectivity index (χ0) is 28.5. The number of allylic oxidation sites excluding steroid dienone is 1. The highest BCUT2D eigenvalue weighted by Crippen LogP contribution is 2.49. The average Bonchev–Trinajstić information content (AvgIpc) is 2.94. The van der Waals surface area contributed by atoms with Crippen LogP contribution in [0.3, 0.4) is 0 Å². The fourth-order valence-corrected chi connectivity index (χ4v) is 8.32. The third-order valence-electron chi connectivity index (χ3n) is 9.53. The van der Waals surface area contributed by atoms with Gasteiger partial charge in [0.1, 0.15) is 18.0 Å². The maximum atomic E-state index is 15.3. The van der Waals surface area contributed by atoms with E-state index in [0.717, 1.165) is 98.2 Å². The van der Waals surface area contributed by atoms with Gasteiger partial charge in [0, 0.05) is 43.9 Å². The van der Waals surface area contributed by atoms with Gasteiger partial charge in [0.25, 0.3) is 5.92 Å². The molecule has 5 aliphatic heterocycles. The lowest BCUT2D eigenvalue weighted by molar-refractivity contribution is -0.0568. The maximum Gasteiger partial charge on any atom is 0.273 e. The van der Waals surface area contributed by atoms with Crippen molar-refractivity contribution in [3.05, 3.63) is 65.1 Å². The lowest BCUT2D eigenvalue weighted by atomic mass is 9.74. The van der Waals surface area contributed by atoms with E-state index in [-0.39, 0.29) is 23.3 Å². The van der Waals surface area contributed by atoms with Crippen LogP contribution in [0.1, 0.15) is 75.0 Å². The van der Waals surface area contributed by atoms with Gasteiger partial charge in [0.2, 0.25) is 0 Å². The van der Waals surface area contributed by atoms with E-state index in [1.807, 2.05) is 17.8 Å². The molecule has 0 amide bonds. The summed E-state index contributed by atoms with van der Waals surface area (Å²) in [4.78, 5) is 14.0. The van der Waals surface area contributed by atoms with Crippen LogP contribution in [0.4, 0.5) is 20.4 Å². The minimum absolute atomic E-state index is 0.0631. The number of nitrogens with zero attached hydrogens (tertiary/aromatic N) is 4. The average molecular weight is 580 g/mol. The van der Waals surface area contributed by atoms with Crippen molar-refractivity contribution in [1.82, 2.24) is 14.9 Å². The first-order valence-electron chi connectivity index (χ1n) is 15.4. The van der Waals surface area contributed by atoms with Gasteiger partial charge in [-0.15, -0.1) is 0 Å². The first kappa shape index (κ1) is 28.7. The molecular weight excluding hydrogens is 536 g/mol. The Hall–Kier alpha value is -2.45. The summed E-state index contributed by atoms with van der Waals surface area (Å²) in [6.07, 6.45) is 11.8. The van der Waals surface area contributed by atoms with Crippen molar-refractivity contribution in [3.8, 4) is 0 Å². The summed E-state index contributed by atoms with van der Waals surface area (Å²) in [5, 5.41) is 3.49. The zero-order valence-corrected chi connectivity index (χ0v) is 25.1. The molecule has 0 spiro atoms. The number of hydrogen-bond acceptors (Lipinski definition) is 6. The van der Waals surface area contributed by atoms with Gasteiger partial charge in [0.05, 0.1) is 5.56 Å². The van der Waals surface area contributed by atoms with Crippen molar-refractivity contribution < 1.29 is 8.78 Å². The summed E-state index contributed by atoms with van der Waals surface area (Å²) in [6, 6.07) is 6.90. The molecule has 7 rings (SSSR count). The van der Waals surface area contributed by atoms with Gasteiger partial charge in [-0.2, -0.15) is 11.8 Å². The minimum Gasteiger partial charge on any atom is -0.365 e. The van der Waals surface area contributed by atoms with E-state index in [9.17, 15) is 0 Å². The van der Waals surface area contributed by atoms with Crippen LogP contribution >= 0.6 is 11.8 Å². The predicted molar refractivity (Wildman–Crippen MR) is 166 cm³/mol. The van der Waals surface area contributed by atoms with E-state index >= 15 is 8.78 Å². The molecule has 8 heteroatoms. The Morgan fingerprint density at radius 3 is 2.59 bits per heavy atom. The summed E-state index contributed by atoms with van der Waals surface area (Å²) >= 11 is 2.03. The van der Waals surface area contributed by atoms with Crippen LogP contribution in [0.15, 0.2) is 48.4 Å². The normalized spacial score (nSPS) is 26.6. The number of nitrogens with one attached hydrogen (secondary N) is 1. The van der Waals surface area contributed by atoms with Crippen LogP contribution in [-0.4, -0.2) is 52.6 Å². The number of hydrogen-bond donors (Lipinski definition) is 1. The lowest BCUT2D eigenvalue weighted by Gasteiger charge is -2.42. The topological polar surface area (TPSA) is 44.3 Å². The summed E-state index contributed by atoms with van der Waals surface area (Å²) in [7, 11) is 0. The number of alkyl halides is 2. The molecule has 1 aromatic carbocycles. The third-order valence-corrected chi connectivity index (χ3v) is 10.5. The molecule has 5 aliphatic rings. The van der Waals surface area contributed by atoms with Crippen LogP contribution < -0.4 is 10.2 Å². The van der Waals surface area contributed by atoms with E-state index in [4.69, 9.17) is 4.98 Å². The molecule has 2 fully saturated rings. The second-order valence-electron chi connectivity index (χ2n) is 12.6. The van der Waals surface area contributed by atoms with Gasteiger partial charge in [-0.3, -0.25) is 0 Å². The van der Waals surface area contributed by atoms with Gasteiger partial charge in [-0.1, -0.05) is 51.0 Å². The van der Waals surface area contributed by atoms with E-state index in [1.54, 1.807) is 24.5 Å². The molecule has 0 aliphatic carbocycles. The molecule has 2 saturated heterocycles. The molecule has 0 atom stereocenters. The molecule has 0 radical (unpaired) electrons. The molecule has 0 saturated carbocycles. The molecular formula is C33H43F2N5S. The van der Waals surface area contributed by atoms with Crippen LogP contribution in [0, 0.1) is 11.3 Å². The first-order valence-corrected chi connectivity index (χ1v) is 16.5. The molecule has 220 valence electrons. The summed E-state index contributed by atoms with van der Waals surface area (Å²) in [5.41, 5.74) is 4.34. The molecule has 0 unspecified atom stereocenters. The van der Waals surface area contributed by atoms with Gasteiger partial charge < -0.3 is 15.1 Å². The molecule has 1 aromatic heterocycles. The van der Waals surface area contributed by atoms with Gasteiger partial charge in [-0.25, -0.2) is 18.7 Å². The lowest BCUT2D eigenvalue weighted by Crippen LogP contribution is -2.48. The highest BCUT2D eigenvalue weighted by atomic mass is 32.2. The number of aromatic nitrogens is 2. The Kier molecular flexibility index (Phi) is 8.42. The van der Waals surface area contributed by atoms with Gasteiger partial charge in [-0.05, 0) is 78.3 Å². The Labute approximate surface area is 247 Å². The fourth-order valence-electron chi connectivity index (χ4n) is 6.93. The van der Waals surface area contributed by atoms with E-state index in [1.165, 1.54) is 18.4 Å². The monoisotopic (exact) mass is 579 g/mol. The van der Waals surface area contributed by atoms with Crippen molar-refractivity contribution in [2.45, 2.75) is 70.8 Å². The predicted octanol–water partition coefficient (Wildman–Crippen LogP) is 7.72. The molecule has 41 heavy (non-hydrogen) atoms. The smallest absolute Gasteiger partial charge is 0.273 e. The second kappa shape index (κ2) is 12.0. The number of fused-ring (bicyclic) bond motifs is 8. The number of anilines is 2. The summed E-state index contributed by atoms with van der Waals surface area (Å²) < 4.78 is 30.7. The van der Waals surface area contributed by atoms with Crippen LogP contribution in [-0.2, 0) is 12.5 Å². The molecule has 6 heterocycles. The summed E-state index contributed by atoms with van der Waals surface area (Å²) in [5.74, 6) is 1.19. The van der Waals surface area contributed by atoms with Crippen molar-refractivity contribution in [2.75, 3.05) is 47.9 Å². The molecule has 8 bridgehead atoms. The second-order valence-corrected chi connectivity index (χ2v) is 13.9. The number of halogens is 2. The largest absolute Gasteiger partial charge is 0.365 e. The van der Waals surface area contributed by atoms with E-state index < -0.39 is 5.92 Å². The van der Waals surface area contributed by atoms with E-state index in [0.29, 0.717) is 6.54 Å². The maximum absolute atomic E-state index is 15.3. The van der Waals surface area contributed by atoms with Crippen molar-refractivity contribution in [2.24, 2.45) is 11.3 Å². The van der Waals surface area contributed by atoms with Gasteiger partial charge >= 0.3 is 0 Å². The number of thioether (sulfide) groups is 1. The Morgan fingerprint density at radius 2 is 1.78 bits per heavy atom. The first-order chi connectivity index (χ1) is 19.8. The Balaban J connectivity index is 1.32. The van der Waals surface area contributed by atoms with Crippen molar-refractivity contribution in [3.63, 3.8) is 0 Å². The number of benzene rings is 1.